The Morgan fingerprint density at radius 3 is 2.59 bits per heavy atom. The predicted molar refractivity (Wildman–Crippen MR) is 103 cm³/mol. The molecule has 1 aliphatic rings. The van der Waals surface area contributed by atoms with Gasteiger partial charge in [-0.15, -0.1) is 0 Å². The molecular weight excluding hydrogens is 342 g/mol. The number of carbonyl (C=O) groups is 2. The molecule has 0 spiro atoms. The fraction of sp³-hybridized carbons (Fsp3) is 0.333. The lowest BCUT2D eigenvalue weighted by Crippen LogP contribution is -2.44. The van der Waals surface area contributed by atoms with Crippen molar-refractivity contribution < 1.29 is 14.7 Å². The Bertz CT molecular complexity index is 777. The number of likely N-dealkylation sites (tertiary alicyclic amines) is 1. The summed E-state index contributed by atoms with van der Waals surface area (Å²) in [6, 6.07) is 16.3. The summed E-state index contributed by atoms with van der Waals surface area (Å²) in [6.45, 7) is 3.01. The third-order valence-electron chi connectivity index (χ3n) is 4.88. The number of hydrogen-bond acceptors (Lipinski definition) is 3. The number of carbonyl (C=O) groups excluding carboxylic acids is 2. The van der Waals surface area contributed by atoms with Crippen molar-refractivity contribution in [1.82, 2.24) is 15.5 Å². The van der Waals surface area contributed by atoms with E-state index in [1.54, 1.807) is 12.1 Å². The molecule has 2 aromatic carbocycles. The molecule has 1 saturated heterocycles. The van der Waals surface area contributed by atoms with Crippen LogP contribution in [0.25, 0.3) is 0 Å². The van der Waals surface area contributed by atoms with Crippen molar-refractivity contribution in [3.05, 3.63) is 65.7 Å². The molecule has 142 valence electrons. The second kappa shape index (κ2) is 8.58. The van der Waals surface area contributed by atoms with Crippen LogP contribution in [0.15, 0.2) is 54.6 Å². The van der Waals surface area contributed by atoms with E-state index in [0.29, 0.717) is 25.9 Å². The number of nitrogens with one attached hydrogen (secondary N) is 2. The van der Waals surface area contributed by atoms with Crippen LogP contribution in [0.4, 0.5) is 4.79 Å². The SMILES string of the molecule is CC(c1ccccc1)N1CC(NC(=O)NCCc2ccc(O)cc2)CC1=O. The first kappa shape index (κ1) is 18.8. The zero-order chi connectivity index (χ0) is 19.2. The zero-order valence-corrected chi connectivity index (χ0v) is 15.4. The highest BCUT2D eigenvalue weighted by Gasteiger charge is 2.33. The quantitative estimate of drug-likeness (QED) is 0.734. The molecular formula is C21H25N3O3. The van der Waals surface area contributed by atoms with Gasteiger partial charge in [-0.1, -0.05) is 42.5 Å². The summed E-state index contributed by atoms with van der Waals surface area (Å²) in [7, 11) is 0. The van der Waals surface area contributed by atoms with Gasteiger partial charge in [-0.05, 0) is 36.6 Å². The summed E-state index contributed by atoms with van der Waals surface area (Å²) in [5, 5.41) is 15.0. The minimum Gasteiger partial charge on any atom is -0.508 e. The summed E-state index contributed by atoms with van der Waals surface area (Å²) < 4.78 is 0. The van der Waals surface area contributed by atoms with Crippen LogP contribution in [-0.4, -0.2) is 41.1 Å². The van der Waals surface area contributed by atoms with Gasteiger partial charge in [0.25, 0.3) is 0 Å². The van der Waals surface area contributed by atoms with Gasteiger partial charge in [-0.25, -0.2) is 4.79 Å². The minimum absolute atomic E-state index is 0.0111. The molecule has 0 radical (unpaired) electrons. The van der Waals surface area contributed by atoms with Gasteiger partial charge in [0.15, 0.2) is 0 Å². The molecule has 0 aliphatic carbocycles. The van der Waals surface area contributed by atoms with E-state index in [1.165, 1.54) is 0 Å². The second-order valence-electron chi connectivity index (χ2n) is 6.85. The number of nitrogens with zero attached hydrogens (tertiary/aromatic N) is 1. The maximum absolute atomic E-state index is 12.3. The molecule has 27 heavy (non-hydrogen) atoms. The molecule has 3 N–H and O–H groups in total. The Morgan fingerprint density at radius 2 is 1.89 bits per heavy atom. The van der Waals surface area contributed by atoms with Crippen LogP contribution < -0.4 is 10.6 Å². The van der Waals surface area contributed by atoms with E-state index >= 15 is 0 Å². The Hall–Kier alpha value is -3.02. The average Bonchev–Trinajstić information content (AvgIpc) is 3.03. The molecule has 2 atom stereocenters. The molecule has 6 heteroatoms. The molecule has 0 aromatic heterocycles. The largest absolute Gasteiger partial charge is 0.508 e. The smallest absolute Gasteiger partial charge is 0.315 e. The number of rotatable bonds is 6. The van der Waals surface area contributed by atoms with Crippen LogP contribution in [0.2, 0.25) is 0 Å². The maximum atomic E-state index is 12.3. The van der Waals surface area contributed by atoms with Crippen LogP contribution in [0.5, 0.6) is 5.75 Å². The van der Waals surface area contributed by atoms with Crippen LogP contribution in [0.1, 0.15) is 30.5 Å². The van der Waals surface area contributed by atoms with E-state index in [4.69, 9.17) is 0 Å². The first-order valence-electron chi connectivity index (χ1n) is 9.19. The van der Waals surface area contributed by atoms with Crippen molar-refractivity contribution in [2.45, 2.75) is 31.8 Å². The molecule has 6 nitrogen and oxygen atoms in total. The second-order valence-corrected chi connectivity index (χ2v) is 6.85. The predicted octanol–water partition coefficient (Wildman–Crippen LogP) is 2.60. The lowest BCUT2D eigenvalue weighted by atomic mass is 10.1. The van der Waals surface area contributed by atoms with Gasteiger partial charge >= 0.3 is 6.03 Å². The van der Waals surface area contributed by atoms with Gasteiger partial charge in [-0.2, -0.15) is 0 Å². The van der Waals surface area contributed by atoms with Crippen LogP contribution in [0, 0.1) is 0 Å². The summed E-state index contributed by atoms with van der Waals surface area (Å²) >= 11 is 0. The van der Waals surface area contributed by atoms with E-state index in [2.05, 4.69) is 10.6 Å². The van der Waals surface area contributed by atoms with Gasteiger partial charge < -0.3 is 20.6 Å². The number of phenols is 1. The summed E-state index contributed by atoms with van der Waals surface area (Å²) in [4.78, 5) is 26.3. The van der Waals surface area contributed by atoms with Gasteiger partial charge in [0, 0.05) is 19.5 Å². The highest BCUT2D eigenvalue weighted by molar-refractivity contribution is 5.82. The number of phenolic OH excluding ortho intramolecular Hbond substituents is 1. The normalized spacial score (nSPS) is 17.6. The number of aromatic hydroxyl groups is 1. The monoisotopic (exact) mass is 367 g/mol. The van der Waals surface area contributed by atoms with Crippen molar-refractivity contribution >= 4 is 11.9 Å². The van der Waals surface area contributed by atoms with E-state index in [0.717, 1.165) is 11.1 Å². The van der Waals surface area contributed by atoms with E-state index < -0.39 is 0 Å². The first-order valence-corrected chi connectivity index (χ1v) is 9.19. The summed E-state index contributed by atoms with van der Waals surface area (Å²) in [6.07, 6.45) is 0.997. The highest BCUT2D eigenvalue weighted by atomic mass is 16.3. The van der Waals surface area contributed by atoms with E-state index in [9.17, 15) is 14.7 Å². The van der Waals surface area contributed by atoms with Crippen LogP contribution >= 0.6 is 0 Å². The van der Waals surface area contributed by atoms with Crippen molar-refractivity contribution in [3.8, 4) is 5.75 Å². The topological polar surface area (TPSA) is 81.7 Å². The fourth-order valence-electron chi connectivity index (χ4n) is 3.33. The van der Waals surface area contributed by atoms with Crippen LogP contribution in [-0.2, 0) is 11.2 Å². The lowest BCUT2D eigenvalue weighted by molar-refractivity contribution is -0.129. The Balaban J connectivity index is 1.45. The Morgan fingerprint density at radius 1 is 1.19 bits per heavy atom. The number of amides is 3. The molecule has 1 fully saturated rings. The number of urea groups is 1. The first-order chi connectivity index (χ1) is 13.0. The van der Waals surface area contributed by atoms with E-state index in [-0.39, 0.29) is 29.8 Å². The molecule has 2 aromatic rings. The maximum Gasteiger partial charge on any atom is 0.315 e. The zero-order valence-electron chi connectivity index (χ0n) is 15.4. The van der Waals surface area contributed by atoms with Crippen molar-refractivity contribution in [2.24, 2.45) is 0 Å². The minimum atomic E-state index is -0.263. The van der Waals surface area contributed by atoms with Gasteiger partial charge in [0.05, 0.1) is 12.1 Å². The molecule has 1 heterocycles. The molecule has 0 bridgehead atoms. The highest BCUT2D eigenvalue weighted by Crippen LogP contribution is 2.25. The molecule has 3 rings (SSSR count). The average molecular weight is 367 g/mol. The Kier molecular flexibility index (Phi) is 5.96. The van der Waals surface area contributed by atoms with E-state index in [1.807, 2.05) is 54.3 Å². The fourth-order valence-corrected chi connectivity index (χ4v) is 3.33. The molecule has 3 amide bonds. The third kappa shape index (κ3) is 5.00. The van der Waals surface area contributed by atoms with Crippen molar-refractivity contribution in [1.29, 1.82) is 0 Å². The molecule has 1 aliphatic heterocycles. The molecule has 2 unspecified atom stereocenters. The van der Waals surface area contributed by atoms with Crippen molar-refractivity contribution in [3.63, 3.8) is 0 Å². The van der Waals surface area contributed by atoms with Crippen LogP contribution in [0.3, 0.4) is 0 Å². The molecule has 0 saturated carbocycles. The van der Waals surface area contributed by atoms with Gasteiger partial charge in [-0.3, -0.25) is 4.79 Å². The summed E-state index contributed by atoms with van der Waals surface area (Å²) in [5.41, 5.74) is 2.12. The van der Waals surface area contributed by atoms with Gasteiger partial charge in [0.2, 0.25) is 5.91 Å². The number of benzene rings is 2. The summed E-state index contributed by atoms with van der Waals surface area (Å²) in [5.74, 6) is 0.283. The Labute approximate surface area is 159 Å². The standard InChI is InChI=1S/C21H25N3O3/c1-15(17-5-3-2-4-6-17)24-14-18(13-20(24)26)23-21(27)22-12-11-16-7-9-19(25)10-8-16/h2-10,15,18,25H,11-14H2,1H3,(H2,22,23,27). The van der Waals surface area contributed by atoms with Crippen molar-refractivity contribution in [2.75, 3.05) is 13.1 Å². The number of hydrogen-bond donors (Lipinski definition) is 3. The lowest BCUT2D eigenvalue weighted by Gasteiger charge is -2.25. The van der Waals surface area contributed by atoms with Gasteiger partial charge in [0.1, 0.15) is 5.75 Å². The third-order valence-corrected chi connectivity index (χ3v) is 4.88.